The number of anilines is 1. The third kappa shape index (κ3) is 3.52. The summed E-state index contributed by atoms with van der Waals surface area (Å²) in [6.45, 7) is 5.64. The summed E-state index contributed by atoms with van der Waals surface area (Å²) in [7, 11) is 0. The van der Waals surface area contributed by atoms with Gasteiger partial charge in [0.25, 0.3) is 0 Å². The van der Waals surface area contributed by atoms with Gasteiger partial charge in [-0.05, 0) is 49.9 Å². The van der Waals surface area contributed by atoms with Crippen LogP contribution in [0.1, 0.15) is 30.4 Å². The van der Waals surface area contributed by atoms with Crippen LogP contribution < -0.4 is 10.6 Å². The molecule has 26 heavy (non-hydrogen) atoms. The van der Waals surface area contributed by atoms with E-state index >= 15 is 0 Å². The van der Waals surface area contributed by atoms with Crippen LogP contribution in [0.2, 0.25) is 0 Å². The Bertz CT molecular complexity index is 738. The number of benzene rings is 1. The minimum atomic E-state index is -0.301. The van der Waals surface area contributed by atoms with Crippen molar-refractivity contribution in [2.24, 2.45) is 22.7 Å². The highest BCUT2D eigenvalue weighted by molar-refractivity contribution is 6.00. The molecule has 140 valence electrons. The molecule has 3 N–H and O–H groups in total. The van der Waals surface area contributed by atoms with Crippen molar-refractivity contribution in [2.75, 3.05) is 24.5 Å². The summed E-state index contributed by atoms with van der Waals surface area (Å²) < 4.78 is 0. The van der Waals surface area contributed by atoms with Gasteiger partial charge in [-0.2, -0.15) is 0 Å². The van der Waals surface area contributed by atoms with Crippen LogP contribution in [-0.2, 0) is 9.59 Å². The molecule has 0 aliphatic carbocycles. The maximum absolute atomic E-state index is 12.8. The number of oxime groups is 1. The Hall–Kier alpha value is -2.57. The average molecular weight is 358 g/mol. The number of aryl methyl sites for hydroxylation is 2. The first-order chi connectivity index (χ1) is 12.4. The van der Waals surface area contributed by atoms with Crippen molar-refractivity contribution < 1.29 is 14.8 Å². The molecule has 1 atom stereocenters. The number of rotatable bonds is 3. The molecular formula is C19H26N4O3. The van der Waals surface area contributed by atoms with Crippen LogP contribution >= 0.6 is 0 Å². The molecule has 1 aromatic rings. The first-order valence-corrected chi connectivity index (χ1v) is 9.04. The van der Waals surface area contributed by atoms with Gasteiger partial charge in [0.1, 0.15) is 5.84 Å². The fourth-order valence-electron chi connectivity index (χ4n) is 3.75. The Morgan fingerprint density at radius 3 is 2.50 bits per heavy atom. The molecule has 2 amide bonds. The number of nitrogens with zero attached hydrogens (tertiary/aromatic N) is 3. The van der Waals surface area contributed by atoms with Crippen LogP contribution in [0.5, 0.6) is 0 Å². The average Bonchev–Trinajstić information content (AvgIpc) is 3.04. The van der Waals surface area contributed by atoms with E-state index in [1.54, 1.807) is 4.90 Å². The Balaban J connectivity index is 1.63. The lowest BCUT2D eigenvalue weighted by Crippen LogP contribution is -2.44. The number of hydrogen-bond acceptors (Lipinski definition) is 4. The maximum atomic E-state index is 12.8. The molecule has 0 radical (unpaired) electrons. The van der Waals surface area contributed by atoms with Crippen molar-refractivity contribution in [1.82, 2.24) is 4.90 Å². The lowest BCUT2D eigenvalue weighted by Gasteiger charge is -2.32. The summed E-state index contributed by atoms with van der Waals surface area (Å²) in [5.41, 5.74) is 8.84. The third-order valence-electron chi connectivity index (χ3n) is 5.62. The predicted molar refractivity (Wildman–Crippen MR) is 99.1 cm³/mol. The zero-order chi connectivity index (χ0) is 18.8. The quantitative estimate of drug-likeness (QED) is 0.371. The summed E-state index contributed by atoms with van der Waals surface area (Å²) in [5, 5.41) is 11.8. The lowest BCUT2D eigenvalue weighted by molar-refractivity contribution is -0.136. The lowest BCUT2D eigenvalue weighted by atomic mass is 9.94. The van der Waals surface area contributed by atoms with Crippen molar-refractivity contribution in [2.45, 2.75) is 33.1 Å². The predicted octanol–water partition coefficient (Wildman–Crippen LogP) is 1.64. The van der Waals surface area contributed by atoms with Gasteiger partial charge in [-0.25, -0.2) is 0 Å². The van der Waals surface area contributed by atoms with Crippen LogP contribution in [0.15, 0.2) is 23.4 Å². The molecule has 1 aromatic carbocycles. The highest BCUT2D eigenvalue weighted by Gasteiger charge is 2.38. The largest absolute Gasteiger partial charge is 0.409 e. The molecule has 2 saturated heterocycles. The van der Waals surface area contributed by atoms with Crippen molar-refractivity contribution in [3.63, 3.8) is 0 Å². The number of carbonyl (C=O) groups excluding carboxylic acids is 2. The second kappa shape index (κ2) is 7.35. The first-order valence-electron chi connectivity index (χ1n) is 9.04. The van der Waals surface area contributed by atoms with Gasteiger partial charge < -0.3 is 20.7 Å². The number of carbonyl (C=O) groups is 2. The fourth-order valence-corrected chi connectivity index (χ4v) is 3.75. The van der Waals surface area contributed by atoms with E-state index in [9.17, 15) is 9.59 Å². The zero-order valence-corrected chi connectivity index (χ0v) is 15.3. The molecule has 7 heteroatoms. The third-order valence-corrected chi connectivity index (χ3v) is 5.62. The fraction of sp³-hybridized carbons (Fsp3) is 0.526. The molecule has 0 spiro atoms. The van der Waals surface area contributed by atoms with Crippen molar-refractivity contribution in [3.8, 4) is 0 Å². The molecular weight excluding hydrogens is 332 g/mol. The zero-order valence-electron chi connectivity index (χ0n) is 15.3. The van der Waals surface area contributed by atoms with Crippen LogP contribution in [0.3, 0.4) is 0 Å². The molecule has 0 bridgehead atoms. The molecule has 7 nitrogen and oxygen atoms in total. The van der Waals surface area contributed by atoms with Gasteiger partial charge in [0.15, 0.2) is 0 Å². The molecule has 2 fully saturated rings. The maximum Gasteiger partial charge on any atom is 0.228 e. The van der Waals surface area contributed by atoms with Gasteiger partial charge in [0.05, 0.1) is 5.92 Å². The molecule has 2 aliphatic heterocycles. The van der Waals surface area contributed by atoms with Crippen LogP contribution in [0, 0.1) is 25.7 Å². The van der Waals surface area contributed by atoms with Gasteiger partial charge in [-0.3, -0.25) is 9.59 Å². The molecule has 2 heterocycles. The topological polar surface area (TPSA) is 99.2 Å². The number of amides is 2. The van der Waals surface area contributed by atoms with Crippen LogP contribution in [-0.4, -0.2) is 47.4 Å². The second-order valence-corrected chi connectivity index (χ2v) is 7.30. The van der Waals surface area contributed by atoms with Gasteiger partial charge in [-0.1, -0.05) is 11.2 Å². The van der Waals surface area contributed by atoms with E-state index in [-0.39, 0.29) is 35.9 Å². The van der Waals surface area contributed by atoms with Gasteiger partial charge >= 0.3 is 0 Å². The monoisotopic (exact) mass is 358 g/mol. The minimum absolute atomic E-state index is 0.00172. The highest BCUT2D eigenvalue weighted by atomic mass is 16.4. The number of piperidine rings is 1. The molecule has 1 unspecified atom stereocenters. The normalized spacial score (nSPS) is 22.2. The second-order valence-electron chi connectivity index (χ2n) is 7.30. The Kier molecular flexibility index (Phi) is 5.15. The summed E-state index contributed by atoms with van der Waals surface area (Å²) in [6.07, 6.45) is 1.62. The van der Waals surface area contributed by atoms with Gasteiger partial charge in [0.2, 0.25) is 11.8 Å². The van der Waals surface area contributed by atoms with E-state index in [0.717, 1.165) is 11.3 Å². The summed E-state index contributed by atoms with van der Waals surface area (Å²) in [6, 6.07) is 5.95. The molecule has 3 rings (SSSR count). The Labute approximate surface area is 153 Å². The van der Waals surface area contributed by atoms with Crippen molar-refractivity contribution in [3.05, 3.63) is 29.3 Å². The summed E-state index contributed by atoms with van der Waals surface area (Å²) >= 11 is 0. The summed E-state index contributed by atoms with van der Waals surface area (Å²) in [5.74, 6) is -0.0272. The standard InChI is InChI=1S/C19H26N4O3/c1-12-3-4-16(9-13(12)2)23-11-15(10-17(23)24)19(25)22-7-5-14(6-8-22)18(20)21-26/h3-4,9,14-15,26H,5-8,10-11H2,1-2H3,(H2,20,21). The van der Waals surface area contributed by atoms with E-state index in [1.807, 2.05) is 36.9 Å². The van der Waals surface area contributed by atoms with E-state index in [0.29, 0.717) is 32.5 Å². The number of hydrogen-bond donors (Lipinski definition) is 2. The van der Waals surface area contributed by atoms with E-state index < -0.39 is 0 Å². The molecule has 0 aromatic heterocycles. The van der Waals surface area contributed by atoms with Crippen molar-refractivity contribution in [1.29, 1.82) is 0 Å². The van der Waals surface area contributed by atoms with Gasteiger partial charge in [0, 0.05) is 37.7 Å². The smallest absolute Gasteiger partial charge is 0.228 e. The highest BCUT2D eigenvalue weighted by Crippen LogP contribution is 2.29. The van der Waals surface area contributed by atoms with Gasteiger partial charge in [-0.15, -0.1) is 0 Å². The summed E-state index contributed by atoms with van der Waals surface area (Å²) in [4.78, 5) is 28.8. The van der Waals surface area contributed by atoms with E-state index in [2.05, 4.69) is 5.16 Å². The van der Waals surface area contributed by atoms with Crippen LogP contribution in [0.25, 0.3) is 0 Å². The molecule has 0 saturated carbocycles. The van der Waals surface area contributed by atoms with Crippen molar-refractivity contribution >= 4 is 23.3 Å². The van der Waals surface area contributed by atoms with E-state index in [1.165, 1.54) is 5.56 Å². The number of nitrogens with two attached hydrogens (primary N) is 1. The molecule has 2 aliphatic rings. The van der Waals surface area contributed by atoms with E-state index in [4.69, 9.17) is 10.9 Å². The van der Waals surface area contributed by atoms with Crippen LogP contribution in [0.4, 0.5) is 5.69 Å². The first kappa shape index (κ1) is 18.2. The number of likely N-dealkylation sites (tertiary alicyclic amines) is 1. The Morgan fingerprint density at radius 2 is 1.88 bits per heavy atom. The SMILES string of the molecule is Cc1ccc(N2CC(C(=O)N3CCC(C(N)=NO)CC3)CC2=O)cc1C. The number of amidine groups is 1. The Morgan fingerprint density at radius 1 is 1.19 bits per heavy atom. The minimum Gasteiger partial charge on any atom is -0.409 e.